The number of hydrogen-bond donors (Lipinski definition) is 1. The number of carbonyl (C=O) groups is 1. The maximum Gasteiger partial charge on any atom is 0.335 e. The Bertz CT molecular complexity index is 658. The van der Waals surface area contributed by atoms with Crippen molar-refractivity contribution >= 4 is 11.9 Å². The molecule has 2 rings (SSSR count). The van der Waals surface area contributed by atoms with Crippen LogP contribution in [-0.2, 0) is 6.42 Å². The van der Waals surface area contributed by atoms with Crippen LogP contribution in [0.5, 0.6) is 0 Å². The molecule has 0 aliphatic rings. The van der Waals surface area contributed by atoms with E-state index in [-0.39, 0.29) is 0 Å². The summed E-state index contributed by atoms with van der Waals surface area (Å²) >= 11 is 0. The van der Waals surface area contributed by atoms with Crippen LogP contribution in [0.1, 0.15) is 27.3 Å². The number of anilines is 1. The predicted molar refractivity (Wildman–Crippen MR) is 79.7 cm³/mol. The topological polar surface area (TPSA) is 79.2 Å². The minimum atomic E-state index is -0.905. The van der Waals surface area contributed by atoms with Gasteiger partial charge in [0.05, 0.1) is 17.0 Å². The molecule has 2 aromatic rings. The van der Waals surface area contributed by atoms with E-state index in [9.17, 15) is 4.79 Å². The minimum Gasteiger partial charge on any atom is -0.478 e. The van der Waals surface area contributed by atoms with Gasteiger partial charge in [-0.2, -0.15) is 5.10 Å². The third kappa shape index (κ3) is 3.53. The number of carboxylic acid groups (broad SMARTS) is 1. The standard InChI is InChI=1S/C15H18N4O2/c1-10-11(2)17-18-15(16-10)19(3)9-8-12-6-4-5-7-13(12)14(20)21/h4-7H,8-9H2,1-3H3,(H,20,21). The van der Waals surface area contributed by atoms with Crippen molar-refractivity contribution in [3.8, 4) is 0 Å². The fraction of sp³-hybridized carbons (Fsp3) is 0.333. The molecule has 1 N–H and O–H groups in total. The van der Waals surface area contributed by atoms with E-state index in [1.807, 2.05) is 37.9 Å². The molecular weight excluding hydrogens is 268 g/mol. The third-order valence-electron chi connectivity index (χ3n) is 3.39. The summed E-state index contributed by atoms with van der Waals surface area (Å²) < 4.78 is 0. The molecule has 1 heterocycles. The summed E-state index contributed by atoms with van der Waals surface area (Å²) in [6.45, 7) is 4.37. The summed E-state index contributed by atoms with van der Waals surface area (Å²) in [7, 11) is 1.87. The van der Waals surface area contributed by atoms with Crippen molar-refractivity contribution in [1.82, 2.24) is 15.2 Å². The van der Waals surface area contributed by atoms with Crippen LogP contribution in [-0.4, -0.2) is 39.8 Å². The monoisotopic (exact) mass is 286 g/mol. The number of aryl methyl sites for hydroxylation is 2. The number of nitrogens with zero attached hydrogens (tertiary/aromatic N) is 4. The van der Waals surface area contributed by atoms with Crippen molar-refractivity contribution in [1.29, 1.82) is 0 Å². The molecule has 110 valence electrons. The maximum absolute atomic E-state index is 11.2. The normalized spacial score (nSPS) is 10.4. The molecule has 0 saturated carbocycles. The number of rotatable bonds is 5. The third-order valence-corrected chi connectivity index (χ3v) is 3.39. The molecule has 1 aromatic heterocycles. The quantitative estimate of drug-likeness (QED) is 0.904. The van der Waals surface area contributed by atoms with Crippen LogP contribution in [0.25, 0.3) is 0 Å². The van der Waals surface area contributed by atoms with Gasteiger partial charge in [0.25, 0.3) is 0 Å². The molecule has 0 fully saturated rings. The summed E-state index contributed by atoms with van der Waals surface area (Å²) in [6.07, 6.45) is 0.606. The van der Waals surface area contributed by atoms with Gasteiger partial charge in [-0.3, -0.25) is 0 Å². The van der Waals surface area contributed by atoms with Crippen LogP contribution in [0.2, 0.25) is 0 Å². The second-order valence-corrected chi connectivity index (χ2v) is 4.92. The lowest BCUT2D eigenvalue weighted by Crippen LogP contribution is -2.24. The molecule has 0 amide bonds. The predicted octanol–water partition coefficient (Wildman–Crippen LogP) is 1.87. The van der Waals surface area contributed by atoms with E-state index in [4.69, 9.17) is 5.11 Å². The van der Waals surface area contributed by atoms with Gasteiger partial charge in [-0.25, -0.2) is 9.78 Å². The molecule has 0 atom stereocenters. The van der Waals surface area contributed by atoms with Crippen LogP contribution in [0.3, 0.4) is 0 Å². The number of carboxylic acids is 1. The van der Waals surface area contributed by atoms with Crippen molar-refractivity contribution in [2.45, 2.75) is 20.3 Å². The van der Waals surface area contributed by atoms with Gasteiger partial charge in [0.15, 0.2) is 0 Å². The Labute approximate surface area is 123 Å². The first-order valence-corrected chi connectivity index (χ1v) is 6.69. The molecule has 0 unspecified atom stereocenters. The van der Waals surface area contributed by atoms with Crippen molar-refractivity contribution in [2.75, 3.05) is 18.5 Å². The second-order valence-electron chi connectivity index (χ2n) is 4.92. The summed E-state index contributed by atoms with van der Waals surface area (Å²) in [5.74, 6) is -0.358. The van der Waals surface area contributed by atoms with E-state index in [2.05, 4.69) is 15.2 Å². The molecule has 0 aliphatic carbocycles. The number of aromatic nitrogens is 3. The SMILES string of the molecule is Cc1nnc(N(C)CCc2ccccc2C(=O)O)nc1C. The molecule has 0 aliphatic heterocycles. The van der Waals surface area contributed by atoms with Crippen molar-refractivity contribution in [3.63, 3.8) is 0 Å². The summed E-state index contributed by atoms with van der Waals surface area (Å²) in [5, 5.41) is 17.3. The average Bonchev–Trinajstić information content (AvgIpc) is 2.47. The maximum atomic E-state index is 11.2. The van der Waals surface area contributed by atoms with E-state index in [1.54, 1.807) is 12.1 Å². The zero-order valence-electron chi connectivity index (χ0n) is 12.4. The lowest BCUT2D eigenvalue weighted by atomic mass is 10.0. The fourth-order valence-electron chi connectivity index (χ4n) is 1.94. The highest BCUT2D eigenvalue weighted by molar-refractivity contribution is 5.89. The second kappa shape index (κ2) is 6.30. The lowest BCUT2D eigenvalue weighted by molar-refractivity contribution is 0.0695. The number of likely N-dealkylation sites (N-methyl/N-ethyl adjacent to an activating group) is 1. The summed E-state index contributed by atoms with van der Waals surface area (Å²) in [4.78, 5) is 17.4. The van der Waals surface area contributed by atoms with Crippen LogP contribution in [0, 0.1) is 13.8 Å². The minimum absolute atomic E-state index is 0.338. The Morgan fingerprint density at radius 1 is 1.19 bits per heavy atom. The number of aromatic carboxylic acids is 1. The molecule has 6 nitrogen and oxygen atoms in total. The largest absolute Gasteiger partial charge is 0.478 e. The van der Waals surface area contributed by atoms with Gasteiger partial charge >= 0.3 is 5.97 Å². The van der Waals surface area contributed by atoms with Gasteiger partial charge < -0.3 is 10.0 Å². The molecule has 0 spiro atoms. The van der Waals surface area contributed by atoms with Gasteiger partial charge in [-0.15, -0.1) is 5.10 Å². The van der Waals surface area contributed by atoms with Crippen LogP contribution < -0.4 is 4.90 Å². The molecule has 21 heavy (non-hydrogen) atoms. The number of benzene rings is 1. The summed E-state index contributed by atoms with van der Waals surface area (Å²) in [6, 6.07) is 7.02. The highest BCUT2D eigenvalue weighted by Gasteiger charge is 2.11. The van der Waals surface area contributed by atoms with Crippen molar-refractivity contribution < 1.29 is 9.90 Å². The van der Waals surface area contributed by atoms with Gasteiger partial charge in [0, 0.05) is 13.6 Å². The zero-order valence-corrected chi connectivity index (χ0v) is 12.4. The van der Waals surface area contributed by atoms with Crippen LogP contribution >= 0.6 is 0 Å². The summed E-state index contributed by atoms with van der Waals surface area (Å²) in [5.41, 5.74) is 2.79. The fourth-order valence-corrected chi connectivity index (χ4v) is 1.94. The van der Waals surface area contributed by atoms with Crippen LogP contribution in [0.15, 0.2) is 24.3 Å². The van der Waals surface area contributed by atoms with Crippen LogP contribution in [0.4, 0.5) is 5.95 Å². The zero-order chi connectivity index (χ0) is 15.4. The first kappa shape index (κ1) is 14.9. The van der Waals surface area contributed by atoms with E-state index < -0.39 is 5.97 Å². The molecule has 6 heteroatoms. The van der Waals surface area contributed by atoms with Gasteiger partial charge in [0.1, 0.15) is 0 Å². The Balaban J connectivity index is 2.09. The van der Waals surface area contributed by atoms with Crippen molar-refractivity contribution in [2.24, 2.45) is 0 Å². The highest BCUT2D eigenvalue weighted by atomic mass is 16.4. The van der Waals surface area contributed by atoms with Crippen molar-refractivity contribution in [3.05, 3.63) is 46.8 Å². The molecule has 0 radical (unpaired) electrons. The molecule has 0 bridgehead atoms. The van der Waals surface area contributed by atoms with Gasteiger partial charge in [-0.05, 0) is 31.9 Å². The van der Waals surface area contributed by atoms with E-state index in [1.165, 1.54) is 0 Å². The van der Waals surface area contributed by atoms with E-state index in [0.29, 0.717) is 24.5 Å². The van der Waals surface area contributed by atoms with E-state index in [0.717, 1.165) is 17.0 Å². The van der Waals surface area contributed by atoms with Gasteiger partial charge in [0.2, 0.25) is 5.95 Å². The first-order valence-electron chi connectivity index (χ1n) is 6.69. The Kier molecular flexibility index (Phi) is 4.47. The van der Waals surface area contributed by atoms with Gasteiger partial charge in [-0.1, -0.05) is 18.2 Å². The lowest BCUT2D eigenvalue weighted by Gasteiger charge is -2.17. The molecule has 1 aromatic carbocycles. The smallest absolute Gasteiger partial charge is 0.335 e. The molecular formula is C15H18N4O2. The Hall–Kier alpha value is -2.50. The first-order chi connectivity index (χ1) is 9.99. The van der Waals surface area contributed by atoms with E-state index >= 15 is 0 Å². The molecule has 0 saturated heterocycles. The average molecular weight is 286 g/mol. The Morgan fingerprint density at radius 2 is 1.90 bits per heavy atom. The highest BCUT2D eigenvalue weighted by Crippen LogP contribution is 2.12. The Morgan fingerprint density at radius 3 is 2.57 bits per heavy atom. The number of hydrogen-bond acceptors (Lipinski definition) is 5.